The molecule has 9 heteroatoms. The molecule has 0 aliphatic rings. The summed E-state index contributed by atoms with van der Waals surface area (Å²) in [7, 11) is -3.89. The average molecular weight is 434 g/mol. The molecule has 2 amide bonds. The molecule has 6 nitrogen and oxygen atoms in total. The number of hydrogen-bond donors (Lipinski definition) is 3. The Labute approximate surface area is 172 Å². The molecule has 0 radical (unpaired) electrons. The van der Waals surface area contributed by atoms with Crippen LogP contribution in [-0.2, 0) is 10.0 Å². The highest BCUT2D eigenvalue weighted by Crippen LogP contribution is 2.24. The molecule has 0 aromatic heterocycles. The lowest BCUT2D eigenvalue weighted by Gasteiger charge is -2.13. The van der Waals surface area contributed by atoms with Gasteiger partial charge in [0.25, 0.3) is 10.0 Å². The van der Waals surface area contributed by atoms with Crippen molar-refractivity contribution >= 4 is 44.7 Å². The number of halogens is 2. The van der Waals surface area contributed by atoms with E-state index in [9.17, 15) is 17.6 Å². The largest absolute Gasteiger partial charge is 0.323 e. The smallest absolute Gasteiger partial charge is 0.308 e. The van der Waals surface area contributed by atoms with E-state index in [0.717, 1.165) is 0 Å². The average Bonchev–Trinajstić information content (AvgIpc) is 2.67. The molecule has 0 atom stereocenters. The third kappa shape index (κ3) is 5.46. The lowest BCUT2D eigenvalue weighted by molar-refractivity contribution is 0.262. The third-order valence-corrected chi connectivity index (χ3v) is 5.71. The molecule has 3 aromatic carbocycles. The summed E-state index contributed by atoms with van der Waals surface area (Å²) >= 11 is 5.82. The molecular weight excluding hydrogens is 417 g/mol. The predicted molar refractivity (Wildman–Crippen MR) is 112 cm³/mol. The maximum atomic E-state index is 12.9. The normalized spacial score (nSPS) is 11.0. The number of hydrogen-bond acceptors (Lipinski definition) is 3. The van der Waals surface area contributed by atoms with Crippen molar-refractivity contribution in [3.8, 4) is 0 Å². The SMILES string of the molecule is Cc1ccc(NC(=O)Nc2ccc(F)cc2)cc1S(=O)(=O)Nc1ccc(Cl)cc1. The number of sulfonamides is 1. The van der Waals surface area contributed by atoms with Crippen molar-refractivity contribution in [3.05, 3.63) is 83.1 Å². The van der Waals surface area contributed by atoms with E-state index in [1.807, 2.05) is 0 Å². The fourth-order valence-corrected chi connectivity index (χ4v) is 3.98. The Balaban J connectivity index is 1.77. The molecule has 0 spiro atoms. The van der Waals surface area contributed by atoms with Crippen LogP contribution in [-0.4, -0.2) is 14.4 Å². The summed E-state index contributed by atoms with van der Waals surface area (Å²) in [5.41, 5.74) is 1.55. The topological polar surface area (TPSA) is 87.3 Å². The zero-order chi connectivity index (χ0) is 21.0. The molecule has 150 valence electrons. The van der Waals surface area contributed by atoms with Crippen LogP contribution < -0.4 is 15.4 Å². The second-order valence-electron chi connectivity index (χ2n) is 6.18. The first-order chi connectivity index (χ1) is 13.7. The zero-order valence-corrected chi connectivity index (χ0v) is 16.8. The van der Waals surface area contributed by atoms with Gasteiger partial charge in [0.2, 0.25) is 0 Å². The van der Waals surface area contributed by atoms with Gasteiger partial charge < -0.3 is 10.6 Å². The van der Waals surface area contributed by atoms with E-state index in [4.69, 9.17) is 11.6 Å². The van der Waals surface area contributed by atoms with Gasteiger partial charge in [-0.1, -0.05) is 17.7 Å². The van der Waals surface area contributed by atoms with Crippen LogP contribution in [0.4, 0.5) is 26.2 Å². The van der Waals surface area contributed by atoms with Crippen molar-refractivity contribution in [1.82, 2.24) is 0 Å². The highest BCUT2D eigenvalue weighted by Gasteiger charge is 2.18. The monoisotopic (exact) mass is 433 g/mol. The van der Waals surface area contributed by atoms with Crippen LogP contribution in [0.3, 0.4) is 0 Å². The van der Waals surface area contributed by atoms with Crippen LogP contribution in [0, 0.1) is 12.7 Å². The van der Waals surface area contributed by atoms with Crippen LogP contribution in [0.1, 0.15) is 5.56 Å². The van der Waals surface area contributed by atoms with Gasteiger partial charge in [-0.25, -0.2) is 17.6 Å². The van der Waals surface area contributed by atoms with Gasteiger partial charge in [-0.05, 0) is 73.2 Å². The van der Waals surface area contributed by atoms with E-state index >= 15 is 0 Å². The molecule has 0 saturated carbocycles. The number of rotatable bonds is 5. The molecule has 0 bridgehead atoms. The van der Waals surface area contributed by atoms with E-state index in [2.05, 4.69) is 15.4 Å². The van der Waals surface area contributed by atoms with Crippen molar-refractivity contribution in [2.24, 2.45) is 0 Å². The molecule has 3 rings (SSSR count). The number of urea groups is 1. The van der Waals surface area contributed by atoms with Crippen molar-refractivity contribution in [1.29, 1.82) is 0 Å². The van der Waals surface area contributed by atoms with Gasteiger partial charge in [0, 0.05) is 22.1 Å². The van der Waals surface area contributed by atoms with E-state index in [1.165, 1.54) is 30.3 Å². The second-order valence-corrected chi connectivity index (χ2v) is 8.27. The molecule has 0 unspecified atom stereocenters. The van der Waals surface area contributed by atoms with E-state index in [-0.39, 0.29) is 10.6 Å². The number of anilines is 3. The minimum atomic E-state index is -3.89. The molecule has 0 aliphatic heterocycles. The Bertz CT molecular complexity index is 1130. The fraction of sp³-hybridized carbons (Fsp3) is 0.0500. The standard InChI is InChI=1S/C20H17ClFN3O3S/c1-13-2-7-18(24-20(26)23-16-10-5-15(22)6-11-16)12-19(13)29(27,28)25-17-8-3-14(21)4-9-17/h2-12,25H,1H3,(H2,23,24,26). The van der Waals surface area contributed by atoms with Gasteiger partial charge in [0.05, 0.1) is 4.90 Å². The number of benzene rings is 3. The first-order valence-corrected chi connectivity index (χ1v) is 10.3. The number of aryl methyl sites for hydroxylation is 1. The van der Waals surface area contributed by atoms with Crippen LogP contribution in [0.5, 0.6) is 0 Å². The molecule has 0 heterocycles. The van der Waals surface area contributed by atoms with Crippen LogP contribution in [0.2, 0.25) is 5.02 Å². The molecule has 3 N–H and O–H groups in total. The third-order valence-electron chi connectivity index (χ3n) is 3.93. The number of amides is 2. The minimum Gasteiger partial charge on any atom is -0.308 e. The Morgan fingerprint density at radius 1 is 0.862 bits per heavy atom. The minimum absolute atomic E-state index is 0.0204. The predicted octanol–water partition coefficient (Wildman–Crippen LogP) is 5.23. The summed E-state index contributed by atoms with van der Waals surface area (Å²) in [5.74, 6) is -0.419. The van der Waals surface area contributed by atoms with Crippen molar-refractivity contribution < 1.29 is 17.6 Å². The molecule has 0 fully saturated rings. The Morgan fingerprint density at radius 2 is 1.41 bits per heavy atom. The first kappa shape index (κ1) is 20.6. The molecule has 3 aromatic rings. The van der Waals surface area contributed by atoms with Crippen molar-refractivity contribution in [2.75, 3.05) is 15.4 Å². The summed E-state index contributed by atoms with van der Waals surface area (Å²) in [6, 6.07) is 15.4. The Hall–Kier alpha value is -3.10. The highest BCUT2D eigenvalue weighted by atomic mass is 35.5. The number of nitrogens with one attached hydrogen (secondary N) is 3. The molecular formula is C20H17ClFN3O3S. The van der Waals surface area contributed by atoms with E-state index in [0.29, 0.717) is 22.0 Å². The van der Waals surface area contributed by atoms with Crippen molar-refractivity contribution in [3.63, 3.8) is 0 Å². The van der Waals surface area contributed by atoms with Crippen molar-refractivity contribution in [2.45, 2.75) is 11.8 Å². The summed E-state index contributed by atoms with van der Waals surface area (Å²) in [6.07, 6.45) is 0. The van der Waals surface area contributed by atoms with Gasteiger partial charge in [0.15, 0.2) is 0 Å². The molecule has 29 heavy (non-hydrogen) atoms. The van der Waals surface area contributed by atoms with Crippen LogP contribution in [0.25, 0.3) is 0 Å². The summed E-state index contributed by atoms with van der Waals surface area (Å²) in [5, 5.41) is 5.59. The van der Waals surface area contributed by atoms with Gasteiger partial charge in [-0.3, -0.25) is 4.72 Å². The Kier molecular flexibility index (Phi) is 6.05. The zero-order valence-electron chi connectivity index (χ0n) is 15.2. The lowest BCUT2D eigenvalue weighted by Crippen LogP contribution is -2.20. The van der Waals surface area contributed by atoms with Crippen LogP contribution >= 0.6 is 11.6 Å². The maximum absolute atomic E-state index is 12.9. The highest BCUT2D eigenvalue weighted by molar-refractivity contribution is 7.92. The summed E-state index contributed by atoms with van der Waals surface area (Å²) < 4.78 is 40.9. The molecule has 0 saturated heterocycles. The van der Waals surface area contributed by atoms with Gasteiger partial charge >= 0.3 is 6.03 Å². The Morgan fingerprint density at radius 3 is 2.07 bits per heavy atom. The fourth-order valence-electron chi connectivity index (χ4n) is 2.52. The van der Waals surface area contributed by atoms with Gasteiger partial charge in [-0.15, -0.1) is 0 Å². The lowest BCUT2D eigenvalue weighted by atomic mass is 10.2. The van der Waals surface area contributed by atoms with Gasteiger partial charge in [0.1, 0.15) is 5.82 Å². The van der Waals surface area contributed by atoms with E-state index < -0.39 is 21.9 Å². The summed E-state index contributed by atoms with van der Waals surface area (Å²) in [6.45, 7) is 1.65. The number of carbonyl (C=O) groups excluding carboxylic acids is 1. The van der Waals surface area contributed by atoms with Gasteiger partial charge in [-0.2, -0.15) is 0 Å². The first-order valence-electron chi connectivity index (χ1n) is 8.45. The second kappa shape index (κ2) is 8.50. The molecule has 0 aliphatic carbocycles. The number of carbonyl (C=O) groups is 1. The van der Waals surface area contributed by atoms with Crippen LogP contribution in [0.15, 0.2) is 71.6 Å². The summed E-state index contributed by atoms with van der Waals surface area (Å²) in [4.78, 5) is 12.2. The van der Waals surface area contributed by atoms with E-state index in [1.54, 1.807) is 43.3 Å². The maximum Gasteiger partial charge on any atom is 0.323 e. The quantitative estimate of drug-likeness (QED) is 0.514.